The van der Waals surface area contributed by atoms with Gasteiger partial charge in [-0.15, -0.1) is 0 Å². The number of aliphatic imine (C=N–C) groups is 1. The van der Waals surface area contributed by atoms with Crippen LogP contribution in [0.4, 0.5) is 5.69 Å². The van der Waals surface area contributed by atoms with E-state index in [1.165, 1.54) is 25.5 Å². The number of aliphatic hydroxyl groups excluding tert-OH is 1. The fourth-order valence-electron chi connectivity index (χ4n) is 4.04. The molecule has 0 aromatic heterocycles. The highest BCUT2D eigenvalue weighted by Gasteiger charge is 2.24. The number of aliphatic hydroxyl groups is 1. The minimum absolute atomic E-state index is 0.436. The highest BCUT2D eigenvalue weighted by atomic mass is 16.3. The third kappa shape index (κ3) is 7.27. The van der Waals surface area contributed by atoms with Crippen molar-refractivity contribution in [1.82, 2.24) is 10.2 Å². The summed E-state index contributed by atoms with van der Waals surface area (Å²) in [5, 5.41) is 13.8. The van der Waals surface area contributed by atoms with Gasteiger partial charge in [0.1, 0.15) is 12.1 Å². The number of nitrogens with two attached hydrogens (primary N) is 1. The van der Waals surface area contributed by atoms with E-state index in [1.54, 1.807) is 0 Å². The fraction of sp³-hybridized carbons (Fsp3) is 0.429. The number of hydrogen-bond donors (Lipinski definition) is 3. The van der Waals surface area contributed by atoms with Crippen LogP contribution in [0.1, 0.15) is 51.2 Å². The van der Waals surface area contributed by atoms with Gasteiger partial charge in [-0.05, 0) is 74.0 Å². The Bertz CT molecular complexity index is 1030. The summed E-state index contributed by atoms with van der Waals surface area (Å²) in [5.74, 6) is 1.42. The average molecular weight is 463 g/mol. The van der Waals surface area contributed by atoms with E-state index in [0.29, 0.717) is 12.3 Å². The van der Waals surface area contributed by atoms with Crippen LogP contribution in [-0.2, 0) is 4.79 Å². The van der Waals surface area contributed by atoms with Gasteiger partial charge in [-0.25, -0.2) is 4.99 Å². The van der Waals surface area contributed by atoms with E-state index in [1.807, 2.05) is 31.2 Å². The van der Waals surface area contributed by atoms with Crippen LogP contribution in [0.25, 0.3) is 11.1 Å². The molecule has 4 rings (SSSR count). The van der Waals surface area contributed by atoms with E-state index >= 15 is 0 Å². The Labute approximate surface area is 203 Å². The summed E-state index contributed by atoms with van der Waals surface area (Å²) in [5.41, 5.74) is 12.8. The standard InChI is InChI=1S/C26H34N4O.C2H4O/c1-3-25(31)21-8-4-6-19(14-21)20-7-5-9-22(15-20)29-26(27)23-17-30(2)13-12-24(23)28-16-18-10-11-18;1-2-3/h4-9,14-15,18,25,28,31H,3,10-13,16-17H2,1-2H3,(H2,27,29);2H,1H3. The zero-order chi connectivity index (χ0) is 24.5. The van der Waals surface area contributed by atoms with Crippen molar-refractivity contribution in [3.63, 3.8) is 0 Å². The minimum Gasteiger partial charge on any atom is -0.388 e. The van der Waals surface area contributed by atoms with Gasteiger partial charge in [0.05, 0.1) is 11.8 Å². The van der Waals surface area contributed by atoms with Crippen molar-refractivity contribution >= 4 is 17.8 Å². The van der Waals surface area contributed by atoms with E-state index in [2.05, 4.69) is 41.5 Å². The van der Waals surface area contributed by atoms with Crippen molar-refractivity contribution in [2.24, 2.45) is 16.6 Å². The lowest BCUT2D eigenvalue weighted by Crippen LogP contribution is -2.37. The molecule has 1 atom stereocenters. The molecule has 182 valence electrons. The van der Waals surface area contributed by atoms with Crippen molar-refractivity contribution in [3.05, 3.63) is 65.4 Å². The molecule has 0 bridgehead atoms. The molecule has 0 spiro atoms. The van der Waals surface area contributed by atoms with Gasteiger partial charge in [-0.1, -0.05) is 37.3 Å². The maximum absolute atomic E-state index is 10.2. The van der Waals surface area contributed by atoms with Gasteiger partial charge >= 0.3 is 0 Å². The summed E-state index contributed by atoms with van der Waals surface area (Å²) in [6.07, 6.45) is 4.67. The predicted molar refractivity (Wildman–Crippen MR) is 140 cm³/mol. The third-order valence-corrected chi connectivity index (χ3v) is 6.23. The summed E-state index contributed by atoms with van der Waals surface area (Å²) in [6, 6.07) is 16.2. The molecular formula is C28H38N4O2. The molecule has 0 radical (unpaired) electrons. The van der Waals surface area contributed by atoms with E-state index in [-0.39, 0.29) is 0 Å². The molecule has 6 nitrogen and oxygen atoms in total. The lowest BCUT2D eigenvalue weighted by molar-refractivity contribution is -0.106. The first-order chi connectivity index (χ1) is 16.4. The van der Waals surface area contributed by atoms with E-state index in [4.69, 9.17) is 15.5 Å². The monoisotopic (exact) mass is 462 g/mol. The largest absolute Gasteiger partial charge is 0.388 e. The van der Waals surface area contributed by atoms with Crippen LogP contribution >= 0.6 is 0 Å². The van der Waals surface area contributed by atoms with Gasteiger partial charge in [-0.2, -0.15) is 0 Å². The van der Waals surface area contributed by atoms with Crippen molar-refractivity contribution in [2.45, 2.75) is 45.6 Å². The van der Waals surface area contributed by atoms with Crippen LogP contribution in [0.15, 0.2) is 64.8 Å². The van der Waals surface area contributed by atoms with Crippen molar-refractivity contribution < 1.29 is 9.90 Å². The Balaban J connectivity index is 0.00000103. The van der Waals surface area contributed by atoms with Crippen molar-refractivity contribution in [3.8, 4) is 11.1 Å². The molecule has 0 amide bonds. The molecule has 1 heterocycles. The summed E-state index contributed by atoms with van der Waals surface area (Å²) < 4.78 is 0. The SMILES string of the molecule is CC=O.CCC(O)c1cccc(-c2cccc(N=C(N)C3=C(NCC4CC4)CCN(C)C3)c2)c1. The second-order valence-electron chi connectivity index (χ2n) is 9.10. The number of carbonyl (C=O) groups is 1. The van der Waals surface area contributed by atoms with Gasteiger partial charge in [0.25, 0.3) is 0 Å². The summed E-state index contributed by atoms with van der Waals surface area (Å²) in [7, 11) is 2.13. The molecular weight excluding hydrogens is 424 g/mol. The number of likely N-dealkylation sites (N-methyl/N-ethyl adjacent to an activating group) is 1. The Kier molecular flexibility index (Phi) is 9.42. The summed E-state index contributed by atoms with van der Waals surface area (Å²) >= 11 is 0. The van der Waals surface area contributed by atoms with Crippen LogP contribution in [0.3, 0.4) is 0 Å². The predicted octanol–water partition coefficient (Wildman–Crippen LogP) is 4.58. The van der Waals surface area contributed by atoms with Crippen LogP contribution in [0.2, 0.25) is 0 Å². The number of carbonyl (C=O) groups excluding carboxylic acids is 1. The summed E-state index contributed by atoms with van der Waals surface area (Å²) in [4.78, 5) is 15.9. The molecule has 1 fully saturated rings. The molecule has 34 heavy (non-hydrogen) atoms. The number of amidine groups is 1. The average Bonchev–Trinajstić information content (AvgIpc) is 3.68. The summed E-state index contributed by atoms with van der Waals surface area (Å²) in [6.45, 7) is 6.34. The Hall–Kier alpha value is -2.96. The molecule has 2 aromatic carbocycles. The zero-order valence-corrected chi connectivity index (χ0v) is 20.6. The molecule has 1 saturated carbocycles. The molecule has 4 N–H and O–H groups in total. The Morgan fingerprint density at radius 2 is 1.91 bits per heavy atom. The fourth-order valence-corrected chi connectivity index (χ4v) is 4.04. The molecule has 0 saturated heterocycles. The highest BCUT2D eigenvalue weighted by molar-refractivity contribution is 5.99. The maximum Gasteiger partial charge on any atom is 0.130 e. The van der Waals surface area contributed by atoms with Gasteiger partial charge in [0, 0.05) is 37.3 Å². The van der Waals surface area contributed by atoms with Crippen molar-refractivity contribution in [2.75, 3.05) is 26.7 Å². The molecule has 1 aliphatic carbocycles. The molecule has 1 unspecified atom stereocenters. The normalized spacial score (nSPS) is 17.6. The topological polar surface area (TPSA) is 90.9 Å². The van der Waals surface area contributed by atoms with Gasteiger partial charge < -0.3 is 25.9 Å². The van der Waals surface area contributed by atoms with Crippen LogP contribution in [0, 0.1) is 5.92 Å². The van der Waals surface area contributed by atoms with Crippen LogP contribution in [-0.4, -0.2) is 48.8 Å². The maximum atomic E-state index is 10.2. The smallest absolute Gasteiger partial charge is 0.130 e. The van der Waals surface area contributed by atoms with Crippen LogP contribution in [0.5, 0.6) is 0 Å². The highest BCUT2D eigenvalue weighted by Crippen LogP contribution is 2.30. The number of aldehydes is 1. The first-order valence-electron chi connectivity index (χ1n) is 12.2. The van der Waals surface area contributed by atoms with Gasteiger partial charge in [0.2, 0.25) is 0 Å². The number of nitrogens with zero attached hydrogens (tertiary/aromatic N) is 2. The van der Waals surface area contributed by atoms with E-state index < -0.39 is 6.10 Å². The van der Waals surface area contributed by atoms with E-state index in [0.717, 1.165) is 66.2 Å². The van der Waals surface area contributed by atoms with Gasteiger partial charge in [-0.3, -0.25) is 0 Å². The molecule has 2 aromatic rings. The lowest BCUT2D eigenvalue weighted by Gasteiger charge is -2.28. The number of hydrogen-bond acceptors (Lipinski definition) is 5. The molecule has 6 heteroatoms. The van der Waals surface area contributed by atoms with Crippen molar-refractivity contribution in [1.29, 1.82) is 0 Å². The second kappa shape index (κ2) is 12.5. The number of benzene rings is 2. The van der Waals surface area contributed by atoms with Gasteiger partial charge in [0.15, 0.2) is 0 Å². The first-order valence-corrected chi connectivity index (χ1v) is 12.2. The number of nitrogens with one attached hydrogen (secondary N) is 1. The first kappa shape index (κ1) is 25.7. The Morgan fingerprint density at radius 1 is 1.24 bits per heavy atom. The minimum atomic E-state index is -0.436. The quantitative estimate of drug-likeness (QED) is 0.303. The second-order valence-corrected chi connectivity index (χ2v) is 9.10. The van der Waals surface area contributed by atoms with E-state index in [9.17, 15) is 5.11 Å². The Morgan fingerprint density at radius 3 is 2.59 bits per heavy atom. The lowest BCUT2D eigenvalue weighted by atomic mass is 9.99. The molecule has 1 aliphatic heterocycles. The van der Waals surface area contributed by atoms with Crippen LogP contribution < -0.4 is 11.1 Å². The zero-order valence-electron chi connectivity index (χ0n) is 20.6. The molecule has 2 aliphatic rings. The number of rotatable bonds is 8. The third-order valence-electron chi connectivity index (χ3n) is 6.23.